The number of thiophene rings is 1. The molecule has 0 radical (unpaired) electrons. The molecular formula is C11H20N2O2S3. The van der Waals surface area contributed by atoms with Crippen molar-refractivity contribution in [2.75, 3.05) is 12.8 Å². The molecule has 1 heterocycles. The summed E-state index contributed by atoms with van der Waals surface area (Å²) in [4.78, 5) is 2.05. The number of thioether (sulfide) groups is 1. The average molecular weight is 308 g/mol. The zero-order valence-corrected chi connectivity index (χ0v) is 13.3. The fourth-order valence-corrected chi connectivity index (χ4v) is 4.40. The largest absolute Gasteiger partial charge is 0.326 e. The highest BCUT2D eigenvalue weighted by Crippen LogP contribution is 2.25. The number of hydrogen-bond acceptors (Lipinski definition) is 5. The molecule has 0 spiro atoms. The third-order valence-electron chi connectivity index (χ3n) is 2.66. The Bertz CT molecular complexity index is 482. The summed E-state index contributed by atoms with van der Waals surface area (Å²) >= 11 is 3.17. The Morgan fingerprint density at radius 2 is 2.22 bits per heavy atom. The van der Waals surface area contributed by atoms with E-state index >= 15 is 0 Å². The monoisotopic (exact) mass is 308 g/mol. The molecule has 0 aliphatic heterocycles. The molecule has 0 saturated heterocycles. The summed E-state index contributed by atoms with van der Waals surface area (Å²) in [6.07, 6.45) is 2.85. The molecule has 0 saturated carbocycles. The van der Waals surface area contributed by atoms with Crippen molar-refractivity contribution in [3.8, 4) is 0 Å². The summed E-state index contributed by atoms with van der Waals surface area (Å²) in [7, 11) is -3.39. The third kappa shape index (κ3) is 4.24. The van der Waals surface area contributed by atoms with Gasteiger partial charge in [-0.15, -0.1) is 11.3 Å². The van der Waals surface area contributed by atoms with Crippen LogP contribution >= 0.6 is 23.1 Å². The van der Waals surface area contributed by atoms with Gasteiger partial charge in [-0.25, -0.2) is 13.1 Å². The normalized spacial score (nSPS) is 13.8. The van der Waals surface area contributed by atoms with Crippen LogP contribution in [0, 0.1) is 6.92 Å². The van der Waals surface area contributed by atoms with Gasteiger partial charge in [0.15, 0.2) is 0 Å². The minimum atomic E-state index is -3.39. The first-order valence-electron chi connectivity index (χ1n) is 5.72. The molecule has 1 atom stereocenters. The smallest absolute Gasteiger partial charge is 0.241 e. The first-order chi connectivity index (χ1) is 8.40. The zero-order chi connectivity index (χ0) is 13.8. The number of nitrogens with two attached hydrogens (primary N) is 1. The maximum Gasteiger partial charge on any atom is 0.241 e. The molecule has 1 aromatic heterocycles. The molecule has 0 aliphatic carbocycles. The highest BCUT2D eigenvalue weighted by molar-refractivity contribution is 7.99. The quantitative estimate of drug-likeness (QED) is 0.807. The minimum absolute atomic E-state index is 0.366. The van der Waals surface area contributed by atoms with Crippen LogP contribution in [-0.2, 0) is 16.6 Å². The van der Waals surface area contributed by atoms with E-state index in [1.807, 2.05) is 13.2 Å². The Hall–Kier alpha value is -0.0800. The minimum Gasteiger partial charge on any atom is -0.326 e. The van der Waals surface area contributed by atoms with E-state index in [2.05, 4.69) is 11.6 Å². The van der Waals surface area contributed by atoms with Gasteiger partial charge in [0.1, 0.15) is 0 Å². The Morgan fingerprint density at radius 3 is 2.72 bits per heavy atom. The molecule has 1 unspecified atom stereocenters. The Morgan fingerprint density at radius 1 is 1.56 bits per heavy atom. The third-order valence-corrected chi connectivity index (χ3v) is 6.49. The second kappa shape index (κ2) is 6.91. The molecule has 104 valence electrons. The van der Waals surface area contributed by atoms with Gasteiger partial charge in [0.05, 0.1) is 4.90 Å². The van der Waals surface area contributed by atoms with Gasteiger partial charge >= 0.3 is 0 Å². The van der Waals surface area contributed by atoms with Crippen LogP contribution in [0.4, 0.5) is 0 Å². The Balaban J connectivity index is 2.71. The van der Waals surface area contributed by atoms with E-state index in [1.165, 1.54) is 11.3 Å². The van der Waals surface area contributed by atoms with E-state index in [0.717, 1.165) is 16.2 Å². The standard InChI is InChI=1S/C11H20N2O2S3/c1-8(16-3)4-5-13-18(14,15)11-6-10(7-12)17-9(11)2/h6,8,13H,4-5,7,12H2,1-3H3. The molecule has 0 amide bonds. The molecule has 1 aromatic rings. The van der Waals surface area contributed by atoms with Gasteiger partial charge in [0.25, 0.3) is 0 Å². The first kappa shape index (κ1) is 16.0. The maximum atomic E-state index is 12.1. The van der Waals surface area contributed by atoms with E-state index < -0.39 is 10.0 Å². The number of rotatable bonds is 7. The summed E-state index contributed by atoms with van der Waals surface area (Å²) in [6, 6.07) is 1.67. The highest BCUT2D eigenvalue weighted by atomic mass is 32.2. The molecule has 4 nitrogen and oxygen atoms in total. The number of sulfonamides is 1. The van der Waals surface area contributed by atoms with Gasteiger partial charge < -0.3 is 5.73 Å². The molecule has 18 heavy (non-hydrogen) atoms. The topological polar surface area (TPSA) is 72.2 Å². The van der Waals surface area contributed by atoms with E-state index in [1.54, 1.807) is 17.8 Å². The number of hydrogen-bond donors (Lipinski definition) is 2. The van der Waals surface area contributed by atoms with Gasteiger partial charge in [-0.3, -0.25) is 0 Å². The summed E-state index contributed by atoms with van der Waals surface area (Å²) in [6.45, 7) is 4.74. The lowest BCUT2D eigenvalue weighted by Gasteiger charge is -2.09. The number of aryl methyl sites for hydroxylation is 1. The average Bonchev–Trinajstić information content (AvgIpc) is 2.71. The van der Waals surface area contributed by atoms with Crippen LogP contribution in [0.15, 0.2) is 11.0 Å². The van der Waals surface area contributed by atoms with Crippen molar-refractivity contribution in [3.05, 3.63) is 15.8 Å². The molecule has 1 rings (SSSR count). The van der Waals surface area contributed by atoms with Gasteiger partial charge in [-0.1, -0.05) is 6.92 Å². The zero-order valence-electron chi connectivity index (χ0n) is 10.9. The summed E-state index contributed by atoms with van der Waals surface area (Å²) in [5.41, 5.74) is 5.53. The lowest BCUT2D eigenvalue weighted by atomic mass is 10.3. The van der Waals surface area contributed by atoms with Crippen molar-refractivity contribution >= 4 is 33.1 Å². The van der Waals surface area contributed by atoms with Crippen LogP contribution in [0.5, 0.6) is 0 Å². The fourth-order valence-electron chi connectivity index (χ4n) is 1.48. The Labute approximate surface area is 117 Å². The van der Waals surface area contributed by atoms with Crippen LogP contribution < -0.4 is 10.5 Å². The summed E-state index contributed by atoms with van der Waals surface area (Å²) < 4.78 is 26.8. The second-order valence-electron chi connectivity index (χ2n) is 4.07. The van der Waals surface area contributed by atoms with Crippen LogP contribution in [-0.4, -0.2) is 26.5 Å². The van der Waals surface area contributed by atoms with E-state index in [4.69, 9.17) is 5.73 Å². The van der Waals surface area contributed by atoms with Gasteiger partial charge in [-0.2, -0.15) is 11.8 Å². The predicted molar refractivity (Wildman–Crippen MR) is 79.7 cm³/mol. The van der Waals surface area contributed by atoms with E-state index in [0.29, 0.717) is 23.2 Å². The SMILES string of the molecule is CSC(C)CCNS(=O)(=O)c1cc(CN)sc1C. The van der Waals surface area contributed by atoms with Crippen LogP contribution in [0.25, 0.3) is 0 Å². The van der Waals surface area contributed by atoms with Crippen molar-refractivity contribution < 1.29 is 8.42 Å². The van der Waals surface area contributed by atoms with Crippen LogP contribution in [0.1, 0.15) is 23.1 Å². The van der Waals surface area contributed by atoms with Crippen molar-refractivity contribution in [1.29, 1.82) is 0 Å². The lowest BCUT2D eigenvalue weighted by molar-refractivity contribution is 0.579. The molecule has 0 aromatic carbocycles. The van der Waals surface area contributed by atoms with Crippen LogP contribution in [0.3, 0.4) is 0 Å². The summed E-state index contributed by atoms with van der Waals surface area (Å²) in [5, 5.41) is 0.455. The molecule has 3 N–H and O–H groups in total. The number of nitrogens with one attached hydrogen (secondary N) is 1. The highest BCUT2D eigenvalue weighted by Gasteiger charge is 2.19. The fraction of sp³-hybridized carbons (Fsp3) is 0.636. The lowest BCUT2D eigenvalue weighted by Crippen LogP contribution is -2.26. The van der Waals surface area contributed by atoms with E-state index in [9.17, 15) is 8.42 Å². The second-order valence-corrected chi connectivity index (χ2v) is 8.42. The molecule has 0 bridgehead atoms. The maximum absolute atomic E-state index is 12.1. The van der Waals surface area contributed by atoms with Crippen molar-refractivity contribution in [2.45, 2.75) is 37.0 Å². The van der Waals surface area contributed by atoms with Gasteiger partial charge in [0, 0.05) is 28.1 Å². The van der Waals surface area contributed by atoms with Crippen molar-refractivity contribution in [2.24, 2.45) is 5.73 Å². The van der Waals surface area contributed by atoms with E-state index in [-0.39, 0.29) is 0 Å². The Kier molecular flexibility index (Phi) is 6.13. The van der Waals surface area contributed by atoms with Crippen molar-refractivity contribution in [1.82, 2.24) is 4.72 Å². The molecular weight excluding hydrogens is 288 g/mol. The van der Waals surface area contributed by atoms with Gasteiger partial charge in [0.2, 0.25) is 10.0 Å². The first-order valence-corrected chi connectivity index (χ1v) is 9.31. The molecule has 0 aliphatic rings. The molecule has 0 fully saturated rings. The van der Waals surface area contributed by atoms with Crippen molar-refractivity contribution in [3.63, 3.8) is 0 Å². The van der Waals surface area contributed by atoms with Gasteiger partial charge in [-0.05, 0) is 25.7 Å². The summed E-state index contributed by atoms with van der Waals surface area (Å²) in [5.74, 6) is 0. The van der Waals surface area contributed by atoms with Crippen LogP contribution in [0.2, 0.25) is 0 Å². The predicted octanol–water partition coefficient (Wildman–Crippen LogP) is 1.94. The molecule has 7 heteroatoms.